The third-order valence-electron chi connectivity index (χ3n) is 4.01. The van der Waals surface area contributed by atoms with E-state index in [1.807, 2.05) is 12.1 Å². The zero-order valence-electron chi connectivity index (χ0n) is 11.3. The second-order valence-electron chi connectivity index (χ2n) is 5.38. The third kappa shape index (κ3) is 2.82. The maximum absolute atomic E-state index is 9.98. The van der Waals surface area contributed by atoms with Crippen LogP contribution < -0.4 is 0 Å². The molecule has 3 rings (SSSR count). The van der Waals surface area contributed by atoms with Gasteiger partial charge >= 0.3 is 0 Å². The van der Waals surface area contributed by atoms with Crippen molar-refractivity contribution in [2.45, 2.75) is 18.9 Å². The molecular formula is C17H18ClNO. The molecule has 20 heavy (non-hydrogen) atoms. The zero-order valence-corrected chi connectivity index (χ0v) is 12.1. The van der Waals surface area contributed by atoms with Crippen LogP contribution in [-0.4, -0.2) is 23.1 Å². The molecule has 0 radical (unpaired) electrons. The van der Waals surface area contributed by atoms with Crippen LogP contribution >= 0.6 is 11.6 Å². The molecule has 1 heterocycles. The first-order valence-corrected chi connectivity index (χ1v) is 7.35. The lowest BCUT2D eigenvalue weighted by Gasteiger charge is -2.17. The highest BCUT2D eigenvalue weighted by molar-refractivity contribution is 6.32. The fourth-order valence-corrected chi connectivity index (χ4v) is 3.10. The average molecular weight is 288 g/mol. The molecule has 0 amide bonds. The molecule has 0 aromatic heterocycles. The van der Waals surface area contributed by atoms with E-state index in [9.17, 15) is 5.11 Å². The van der Waals surface area contributed by atoms with Crippen molar-refractivity contribution in [1.29, 1.82) is 0 Å². The maximum Gasteiger partial charge on any atom is 0.138 e. The summed E-state index contributed by atoms with van der Waals surface area (Å²) in [5, 5.41) is 10.4. The molecule has 1 fully saturated rings. The highest BCUT2D eigenvalue weighted by Gasteiger charge is 2.24. The molecule has 0 aliphatic carbocycles. The number of benzene rings is 2. The van der Waals surface area contributed by atoms with E-state index in [1.165, 1.54) is 12.0 Å². The Balaban J connectivity index is 1.68. The summed E-state index contributed by atoms with van der Waals surface area (Å²) in [7, 11) is 0. The van der Waals surface area contributed by atoms with E-state index >= 15 is 0 Å². The molecule has 1 aliphatic rings. The number of rotatable bonds is 3. The van der Waals surface area contributed by atoms with E-state index in [2.05, 4.69) is 35.2 Å². The SMILES string of the molecule is Oc1c(Cl)cccc1CN1CCC(c2ccccc2)C1. The molecule has 1 N–H and O–H groups in total. The minimum Gasteiger partial charge on any atom is -0.506 e. The summed E-state index contributed by atoms with van der Waals surface area (Å²) < 4.78 is 0. The van der Waals surface area contributed by atoms with Crippen molar-refractivity contribution < 1.29 is 5.11 Å². The van der Waals surface area contributed by atoms with Gasteiger partial charge in [-0.15, -0.1) is 0 Å². The summed E-state index contributed by atoms with van der Waals surface area (Å²) in [5.74, 6) is 0.815. The Morgan fingerprint density at radius 3 is 2.70 bits per heavy atom. The van der Waals surface area contributed by atoms with E-state index in [4.69, 9.17) is 11.6 Å². The van der Waals surface area contributed by atoms with Crippen molar-refractivity contribution in [2.75, 3.05) is 13.1 Å². The second kappa shape index (κ2) is 5.86. The van der Waals surface area contributed by atoms with Crippen molar-refractivity contribution in [3.63, 3.8) is 0 Å². The first-order chi connectivity index (χ1) is 9.74. The molecular weight excluding hydrogens is 270 g/mol. The van der Waals surface area contributed by atoms with Gasteiger partial charge in [-0.2, -0.15) is 0 Å². The van der Waals surface area contributed by atoms with Gasteiger partial charge < -0.3 is 5.11 Å². The predicted molar refractivity (Wildman–Crippen MR) is 82.2 cm³/mol. The Labute approximate surface area is 124 Å². The molecule has 104 valence electrons. The number of phenolic OH excluding ortho intramolecular Hbond substituents is 1. The van der Waals surface area contributed by atoms with Crippen molar-refractivity contribution in [3.05, 3.63) is 64.7 Å². The van der Waals surface area contributed by atoms with Crippen LogP contribution in [0.5, 0.6) is 5.75 Å². The van der Waals surface area contributed by atoms with E-state index in [0.29, 0.717) is 10.9 Å². The highest BCUT2D eigenvalue weighted by Crippen LogP contribution is 2.31. The number of hydrogen-bond donors (Lipinski definition) is 1. The predicted octanol–water partition coefficient (Wildman–Crippen LogP) is 4.04. The lowest BCUT2D eigenvalue weighted by Crippen LogP contribution is -2.19. The molecule has 2 aromatic carbocycles. The first kappa shape index (κ1) is 13.5. The standard InChI is InChI=1S/C17H18ClNO/c18-16-8-4-7-15(17(16)20)12-19-10-9-14(11-19)13-5-2-1-3-6-13/h1-8,14,20H,9-12H2. The third-order valence-corrected chi connectivity index (χ3v) is 4.31. The Bertz CT molecular complexity index is 585. The van der Waals surface area contributed by atoms with Gasteiger partial charge in [0.2, 0.25) is 0 Å². The van der Waals surface area contributed by atoms with Gasteiger partial charge in [0, 0.05) is 18.7 Å². The van der Waals surface area contributed by atoms with Crippen LogP contribution in [0.2, 0.25) is 5.02 Å². The van der Waals surface area contributed by atoms with Gasteiger partial charge in [0.05, 0.1) is 5.02 Å². The highest BCUT2D eigenvalue weighted by atomic mass is 35.5. The number of hydrogen-bond acceptors (Lipinski definition) is 2. The van der Waals surface area contributed by atoms with Crippen molar-refractivity contribution in [3.8, 4) is 5.75 Å². The summed E-state index contributed by atoms with van der Waals surface area (Å²) in [6.45, 7) is 2.86. The van der Waals surface area contributed by atoms with Crippen LogP contribution in [0, 0.1) is 0 Å². The largest absolute Gasteiger partial charge is 0.506 e. The number of halogens is 1. The minimum atomic E-state index is 0.220. The first-order valence-electron chi connectivity index (χ1n) is 6.97. The summed E-state index contributed by atoms with van der Waals surface area (Å²) in [6, 6.07) is 16.2. The van der Waals surface area contributed by atoms with Crippen LogP contribution in [0.15, 0.2) is 48.5 Å². The molecule has 3 heteroatoms. The topological polar surface area (TPSA) is 23.5 Å². The summed E-state index contributed by atoms with van der Waals surface area (Å²) in [4.78, 5) is 2.38. The van der Waals surface area contributed by atoms with Crippen LogP contribution in [0.4, 0.5) is 0 Å². The summed E-state index contributed by atoms with van der Waals surface area (Å²) in [5.41, 5.74) is 2.32. The van der Waals surface area contributed by atoms with E-state index < -0.39 is 0 Å². The van der Waals surface area contributed by atoms with Crippen LogP contribution in [0.3, 0.4) is 0 Å². The quantitative estimate of drug-likeness (QED) is 0.921. The second-order valence-corrected chi connectivity index (χ2v) is 5.79. The monoisotopic (exact) mass is 287 g/mol. The molecule has 2 nitrogen and oxygen atoms in total. The maximum atomic E-state index is 9.98. The Morgan fingerprint density at radius 1 is 1.10 bits per heavy atom. The smallest absolute Gasteiger partial charge is 0.138 e. The van der Waals surface area contributed by atoms with Crippen LogP contribution in [0.25, 0.3) is 0 Å². The normalized spacial score (nSPS) is 19.4. The fourth-order valence-electron chi connectivity index (χ4n) is 2.90. The number of para-hydroxylation sites is 1. The van der Waals surface area contributed by atoms with Gasteiger partial charge in [0.25, 0.3) is 0 Å². The van der Waals surface area contributed by atoms with Crippen LogP contribution in [0.1, 0.15) is 23.5 Å². The number of phenols is 1. The fraction of sp³-hybridized carbons (Fsp3) is 0.294. The van der Waals surface area contributed by atoms with E-state index in [0.717, 1.165) is 25.2 Å². The summed E-state index contributed by atoms with van der Waals surface area (Å²) >= 11 is 5.96. The van der Waals surface area contributed by atoms with Gasteiger partial charge in [-0.05, 0) is 30.5 Å². The van der Waals surface area contributed by atoms with Crippen molar-refractivity contribution in [1.82, 2.24) is 4.90 Å². The molecule has 0 spiro atoms. The van der Waals surface area contributed by atoms with Gasteiger partial charge in [-0.1, -0.05) is 54.1 Å². The molecule has 2 aromatic rings. The van der Waals surface area contributed by atoms with Gasteiger partial charge in [0.15, 0.2) is 0 Å². The van der Waals surface area contributed by atoms with E-state index in [1.54, 1.807) is 6.07 Å². The minimum absolute atomic E-state index is 0.220. The summed E-state index contributed by atoms with van der Waals surface area (Å²) in [6.07, 6.45) is 1.17. The number of aromatic hydroxyl groups is 1. The van der Waals surface area contributed by atoms with Gasteiger partial charge in [0.1, 0.15) is 5.75 Å². The zero-order chi connectivity index (χ0) is 13.9. The molecule has 1 aliphatic heterocycles. The molecule has 1 atom stereocenters. The Morgan fingerprint density at radius 2 is 1.90 bits per heavy atom. The lowest BCUT2D eigenvalue weighted by atomic mass is 9.99. The molecule has 1 saturated heterocycles. The number of likely N-dealkylation sites (tertiary alicyclic amines) is 1. The van der Waals surface area contributed by atoms with Crippen LogP contribution in [-0.2, 0) is 6.54 Å². The van der Waals surface area contributed by atoms with Gasteiger partial charge in [-0.3, -0.25) is 4.90 Å². The lowest BCUT2D eigenvalue weighted by molar-refractivity contribution is 0.320. The van der Waals surface area contributed by atoms with Gasteiger partial charge in [-0.25, -0.2) is 0 Å². The average Bonchev–Trinajstić information content (AvgIpc) is 2.93. The van der Waals surface area contributed by atoms with E-state index in [-0.39, 0.29) is 5.75 Å². The van der Waals surface area contributed by atoms with Crippen molar-refractivity contribution >= 4 is 11.6 Å². The molecule has 0 bridgehead atoms. The molecule has 0 saturated carbocycles. The number of nitrogens with zero attached hydrogens (tertiary/aromatic N) is 1. The van der Waals surface area contributed by atoms with Crippen molar-refractivity contribution in [2.24, 2.45) is 0 Å². The molecule has 1 unspecified atom stereocenters. The Hall–Kier alpha value is -1.51. The Kier molecular flexibility index (Phi) is 3.95.